The van der Waals surface area contributed by atoms with Crippen molar-refractivity contribution in [3.05, 3.63) is 47.4 Å². The lowest BCUT2D eigenvalue weighted by Crippen LogP contribution is -2.70. The number of hydrogen-bond acceptors (Lipinski definition) is 7. The summed E-state index contributed by atoms with van der Waals surface area (Å²) in [6.07, 6.45) is 2.46. The van der Waals surface area contributed by atoms with E-state index in [1.807, 2.05) is 6.07 Å². The molecule has 8 nitrogen and oxygen atoms in total. The molecular formula is C27H37FN6O2. The molecule has 5 rings (SSSR count). The van der Waals surface area contributed by atoms with Gasteiger partial charge < -0.3 is 26.2 Å². The first-order chi connectivity index (χ1) is 17.4. The number of methoxy groups -OCH3 is 1. The molecule has 0 unspecified atom stereocenters. The molecule has 1 aromatic heterocycles. The number of nitrogen functional groups attached to an aromatic ring is 1. The first-order valence-corrected chi connectivity index (χ1v) is 12.9. The van der Waals surface area contributed by atoms with Crippen LogP contribution in [-0.2, 0) is 13.1 Å². The average molecular weight is 497 g/mol. The second-order valence-electron chi connectivity index (χ2n) is 10.5. The number of fused-ring (bicyclic) bond motifs is 1. The predicted octanol–water partition coefficient (Wildman–Crippen LogP) is 3.18. The summed E-state index contributed by atoms with van der Waals surface area (Å²) in [5.41, 5.74) is 10.6. The van der Waals surface area contributed by atoms with Crippen LogP contribution in [0.4, 0.5) is 15.8 Å². The quantitative estimate of drug-likeness (QED) is 0.303. The summed E-state index contributed by atoms with van der Waals surface area (Å²) in [6.45, 7) is 7.96. The SMILES string of the molecule is CCC[C@@H](CCO)Nc1cc(N)cc2c(F)nn(Cc3ccc(CN4CC5(CNC5)C4)cc3OC)c12. The predicted molar refractivity (Wildman–Crippen MR) is 141 cm³/mol. The maximum absolute atomic E-state index is 14.9. The van der Waals surface area contributed by atoms with Crippen LogP contribution in [0.3, 0.4) is 0 Å². The molecule has 0 aliphatic carbocycles. The van der Waals surface area contributed by atoms with Gasteiger partial charge in [-0.1, -0.05) is 25.5 Å². The molecule has 3 heterocycles. The number of nitrogens with zero attached hydrogens (tertiary/aromatic N) is 3. The highest BCUT2D eigenvalue weighted by Gasteiger charge is 2.47. The molecule has 2 fully saturated rings. The minimum Gasteiger partial charge on any atom is -0.496 e. The monoisotopic (exact) mass is 496 g/mol. The summed E-state index contributed by atoms with van der Waals surface area (Å²) in [5.74, 6) is 0.216. The Hall–Kier alpha value is -2.88. The molecule has 9 heteroatoms. The molecule has 1 spiro atoms. The Morgan fingerprint density at radius 1 is 1.22 bits per heavy atom. The molecule has 2 aliphatic rings. The third kappa shape index (κ3) is 4.87. The van der Waals surface area contributed by atoms with E-state index in [4.69, 9.17) is 10.5 Å². The number of rotatable bonds is 11. The van der Waals surface area contributed by atoms with E-state index in [0.717, 1.165) is 62.6 Å². The topological polar surface area (TPSA) is 101 Å². The lowest BCUT2D eigenvalue weighted by molar-refractivity contribution is -0.0444. The summed E-state index contributed by atoms with van der Waals surface area (Å²) in [5, 5.41) is 21.0. The van der Waals surface area contributed by atoms with Gasteiger partial charge in [0.2, 0.25) is 5.95 Å². The number of benzene rings is 2. The van der Waals surface area contributed by atoms with Crippen molar-refractivity contribution in [3.8, 4) is 5.75 Å². The average Bonchev–Trinajstić information content (AvgIpc) is 3.10. The van der Waals surface area contributed by atoms with Crippen molar-refractivity contribution < 1.29 is 14.2 Å². The molecule has 5 N–H and O–H groups in total. The van der Waals surface area contributed by atoms with Crippen molar-refractivity contribution in [2.24, 2.45) is 5.41 Å². The second-order valence-corrected chi connectivity index (χ2v) is 10.5. The smallest absolute Gasteiger partial charge is 0.240 e. The molecule has 2 saturated heterocycles. The van der Waals surface area contributed by atoms with Gasteiger partial charge in [0.1, 0.15) is 5.75 Å². The fraction of sp³-hybridized carbons (Fsp3) is 0.519. The highest BCUT2D eigenvalue weighted by atomic mass is 19.1. The second kappa shape index (κ2) is 10.2. The number of nitrogens with two attached hydrogens (primary N) is 1. The number of aromatic nitrogens is 2. The zero-order valence-corrected chi connectivity index (χ0v) is 21.2. The van der Waals surface area contributed by atoms with E-state index in [1.54, 1.807) is 17.9 Å². The number of ether oxygens (including phenoxy) is 1. The zero-order valence-electron chi connectivity index (χ0n) is 21.2. The van der Waals surface area contributed by atoms with E-state index in [1.165, 1.54) is 5.56 Å². The first kappa shape index (κ1) is 24.8. The molecule has 1 atom stereocenters. The minimum atomic E-state index is -0.553. The van der Waals surface area contributed by atoms with Gasteiger partial charge in [0.25, 0.3) is 0 Å². The van der Waals surface area contributed by atoms with E-state index < -0.39 is 5.95 Å². The molecule has 0 saturated carbocycles. The first-order valence-electron chi connectivity index (χ1n) is 12.9. The minimum absolute atomic E-state index is 0.0570. The van der Waals surface area contributed by atoms with E-state index in [0.29, 0.717) is 35.0 Å². The van der Waals surface area contributed by atoms with Gasteiger partial charge in [-0.15, -0.1) is 5.10 Å². The van der Waals surface area contributed by atoms with Crippen molar-refractivity contribution in [1.29, 1.82) is 0 Å². The number of aliphatic hydroxyl groups excluding tert-OH is 1. The third-order valence-electron chi connectivity index (χ3n) is 7.49. The van der Waals surface area contributed by atoms with E-state index >= 15 is 0 Å². The van der Waals surface area contributed by atoms with Crippen molar-refractivity contribution in [2.75, 3.05) is 50.9 Å². The van der Waals surface area contributed by atoms with Crippen LogP contribution in [0.1, 0.15) is 37.3 Å². The number of aliphatic hydroxyl groups is 1. The van der Waals surface area contributed by atoms with Crippen LogP contribution in [0, 0.1) is 11.4 Å². The standard InChI is InChI=1S/C27H37FN6O2/c1-3-4-21(7-8-35)31-23-11-20(29)10-22-25(23)34(32-26(22)28)13-19-6-5-18(9-24(19)36-2)12-33-16-27(17-33)14-30-15-27/h5-6,9-11,21,30-31,35H,3-4,7-8,12-17,29H2,1-2H3/t21-/m0/s1. The summed E-state index contributed by atoms with van der Waals surface area (Å²) in [6, 6.07) is 9.75. The van der Waals surface area contributed by atoms with Crippen molar-refractivity contribution in [1.82, 2.24) is 20.0 Å². The molecule has 3 aromatic rings. The number of halogens is 1. The van der Waals surface area contributed by atoms with Crippen LogP contribution < -0.4 is 21.1 Å². The van der Waals surface area contributed by atoms with E-state index in [2.05, 4.69) is 45.8 Å². The number of anilines is 2. The van der Waals surface area contributed by atoms with Gasteiger partial charge in [0, 0.05) is 62.0 Å². The maximum atomic E-state index is 14.9. The third-order valence-corrected chi connectivity index (χ3v) is 7.49. The molecule has 2 aromatic carbocycles. The zero-order chi connectivity index (χ0) is 25.3. The van der Waals surface area contributed by atoms with Crippen molar-refractivity contribution in [2.45, 2.75) is 45.3 Å². The van der Waals surface area contributed by atoms with Crippen LogP contribution >= 0.6 is 0 Å². The lowest BCUT2D eigenvalue weighted by atomic mass is 9.74. The number of hydrogen-bond donors (Lipinski definition) is 4. The Morgan fingerprint density at radius 2 is 2.03 bits per heavy atom. The van der Waals surface area contributed by atoms with Crippen LogP contribution in [0.5, 0.6) is 5.75 Å². The Bertz CT molecular complexity index is 1210. The molecule has 36 heavy (non-hydrogen) atoms. The van der Waals surface area contributed by atoms with Gasteiger partial charge in [-0.3, -0.25) is 9.58 Å². The van der Waals surface area contributed by atoms with Crippen LogP contribution in [-0.4, -0.2) is 65.7 Å². The lowest BCUT2D eigenvalue weighted by Gasteiger charge is -2.56. The number of nitrogens with one attached hydrogen (secondary N) is 2. The normalized spacial score (nSPS) is 17.7. The van der Waals surface area contributed by atoms with Gasteiger partial charge >= 0.3 is 0 Å². The van der Waals surface area contributed by atoms with E-state index in [9.17, 15) is 9.50 Å². The van der Waals surface area contributed by atoms with Crippen molar-refractivity contribution >= 4 is 22.3 Å². The van der Waals surface area contributed by atoms with Crippen LogP contribution in [0.15, 0.2) is 30.3 Å². The Balaban J connectivity index is 1.40. The van der Waals surface area contributed by atoms with Gasteiger partial charge in [-0.05, 0) is 36.6 Å². The van der Waals surface area contributed by atoms with Gasteiger partial charge in [-0.25, -0.2) is 0 Å². The van der Waals surface area contributed by atoms with Crippen molar-refractivity contribution in [3.63, 3.8) is 0 Å². The fourth-order valence-corrected chi connectivity index (χ4v) is 5.69. The van der Waals surface area contributed by atoms with Gasteiger partial charge in [0.05, 0.1) is 30.2 Å². The number of likely N-dealkylation sites (tertiary alicyclic amines) is 1. The molecule has 194 valence electrons. The molecular weight excluding hydrogens is 459 g/mol. The summed E-state index contributed by atoms with van der Waals surface area (Å²) in [4.78, 5) is 2.47. The Kier molecular flexibility index (Phi) is 7.05. The van der Waals surface area contributed by atoms with Crippen LogP contribution in [0.25, 0.3) is 10.9 Å². The Labute approximate surface area is 211 Å². The summed E-state index contributed by atoms with van der Waals surface area (Å²) in [7, 11) is 1.67. The largest absolute Gasteiger partial charge is 0.496 e. The Morgan fingerprint density at radius 3 is 2.69 bits per heavy atom. The molecule has 0 amide bonds. The molecule has 0 radical (unpaired) electrons. The summed E-state index contributed by atoms with van der Waals surface area (Å²) >= 11 is 0. The van der Waals surface area contributed by atoms with Crippen LogP contribution in [0.2, 0.25) is 0 Å². The van der Waals surface area contributed by atoms with Gasteiger partial charge in [0.15, 0.2) is 0 Å². The molecule has 2 aliphatic heterocycles. The summed E-state index contributed by atoms with van der Waals surface area (Å²) < 4.78 is 22.3. The highest BCUT2D eigenvalue weighted by Crippen LogP contribution is 2.36. The fourth-order valence-electron chi connectivity index (χ4n) is 5.69. The maximum Gasteiger partial charge on any atom is 0.240 e. The highest BCUT2D eigenvalue weighted by molar-refractivity contribution is 5.94. The molecule has 0 bridgehead atoms. The van der Waals surface area contributed by atoms with Gasteiger partial charge in [-0.2, -0.15) is 4.39 Å². The van der Waals surface area contributed by atoms with E-state index in [-0.39, 0.29) is 12.6 Å².